The van der Waals surface area contributed by atoms with Crippen LogP contribution in [0.15, 0.2) is 24.3 Å². The molecule has 14 heavy (non-hydrogen) atoms. The smallest absolute Gasteiger partial charge is 0.0331 e. The Bertz CT molecular complexity index is 285. The van der Waals surface area contributed by atoms with E-state index >= 15 is 0 Å². The molecule has 2 N–H and O–H groups in total. The lowest BCUT2D eigenvalue weighted by molar-refractivity contribution is 0.432. The Morgan fingerprint density at radius 3 is 2.57 bits per heavy atom. The first-order chi connectivity index (χ1) is 6.66. The van der Waals surface area contributed by atoms with E-state index in [4.69, 9.17) is 5.73 Å². The van der Waals surface area contributed by atoms with E-state index in [2.05, 4.69) is 60.7 Å². The van der Waals surface area contributed by atoms with E-state index in [0.717, 1.165) is 0 Å². The molecule has 0 aliphatic rings. The zero-order chi connectivity index (χ0) is 10.6. The van der Waals surface area contributed by atoms with E-state index in [1.165, 1.54) is 22.0 Å². The van der Waals surface area contributed by atoms with Gasteiger partial charge in [-0.2, -0.15) is 0 Å². The van der Waals surface area contributed by atoms with Gasteiger partial charge in [-0.3, -0.25) is 0 Å². The van der Waals surface area contributed by atoms with Crippen molar-refractivity contribution in [2.24, 2.45) is 11.7 Å². The van der Waals surface area contributed by atoms with E-state index in [0.29, 0.717) is 5.92 Å². The van der Waals surface area contributed by atoms with Crippen LogP contribution in [-0.2, 0) is 0 Å². The minimum absolute atomic E-state index is 0.183. The average molecular weight is 303 g/mol. The maximum absolute atomic E-state index is 6.22. The van der Waals surface area contributed by atoms with Crippen LogP contribution in [0.1, 0.15) is 38.3 Å². The minimum atomic E-state index is 0.183. The number of hydrogen-bond acceptors (Lipinski definition) is 1. The summed E-state index contributed by atoms with van der Waals surface area (Å²) in [5, 5.41) is 0. The van der Waals surface area contributed by atoms with Gasteiger partial charge in [0.1, 0.15) is 0 Å². The lowest BCUT2D eigenvalue weighted by atomic mass is 9.92. The third-order valence-corrected chi connectivity index (χ3v) is 3.60. The third kappa shape index (κ3) is 2.95. The number of benzene rings is 1. The van der Waals surface area contributed by atoms with Crippen molar-refractivity contribution in [3.05, 3.63) is 33.4 Å². The molecule has 0 saturated carbocycles. The molecule has 0 fully saturated rings. The molecule has 1 aromatic rings. The number of nitrogens with two attached hydrogens (primary N) is 1. The highest BCUT2D eigenvalue weighted by Crippen LogP contribution is 2.26. The van der Waals surface area contributed by atoms with Gasteiger partial charge in [-0.15, -0.1) is 0 Å². The summed E-state index contributed by atoms with van der Waals surface area (Å²) in [5.41, 5.74) is 7.51. The summed E-state index contributed by atoms with van der Waals surface area (Å²) in [5.74, 6) is 0.566. The molecule has 2 heteroatoms. The Morgan fingerprint density at radius 2 is 2.00 bits per heavy atom. The SMILES string of the molecule is CCCC(C)C(N)c1ccccc1I. The van der Waals surface area contributed by atoms with Crippen LogP contribution in [-0.4, -0.2) is 0 Å². The lowest BCUT2D eigenvalue weighted by Gasteiger charge is -2.20. The molecule has 0 heterocycles. The minimum Gasteiger partial charge on any atom is -0.324 e. The number of hydrogen-bond donors (Lipinski definition) is 1. The van der Waals surface area contributed by atoms with Crippen molar-refractivity contribution in [3.8, 4) is 0 Å². The fourth-order valence-electron chi connectivity index (χ4n) is 1.69. The molecule has 1 aromatic carbocycles. The Balaban J connectivity index is 2.78. The van der Waals surface area contributed by atoms with Crippen LogP contribution in [0.4, 0.5) is 0 Å². The quantitative estimate of drug-likeness (QED) is 0.843. The van der Waals surface area contributed by atoms with Gasteiger partial charge in [0, 0.05) is 9.61 Å². The van der Waals surface area contributed by atoms with Crippen molar-refractivity contribution in [1.29, 1.82) is 0 Å². The monoisotopic (exact) mass is 303 g/mol. The molecule has 0 spiro atoms. The summed E-state index contributed by atoms with van der Waals surface area (Å²) >= 11 is 2.36. The summed E-state index contributed by atoms with van der Waals surface area (Å²) in [6, 6.07) is 8.56. The van der Waals surface area contributed by atoms with Crippen LogP contribution >= 0.6 is 22.6 Å². The topological polar surface area (TPSA) is 26.0 Å². The van der Waals surface area contributed by atoms with E-state index < -0.39 is 0 Å². The molecule has 0 aliphatic heterocycles. The van der Waals surface area contributed by atoms with Gasteiger partial charge in [0.15, 0.2) is 0 Å². The second kappa shape index (κ2) is 5.71. The molecule has 0 radical (unpaired) electrons. The largest absolute Gasteiger partial charge is 0.324 e. The normalized spacial score (nSPS) is 15.1. The Hall–Kier alpha value is -0.0900. The Morgan fingerprint density at radius 1 is 1.36 bits per heavy atom. The van der Waals surface area contributed by atoms with E-state index in [1.54, 1.807) is 0 Å². The van der Waals surface area contributed by atoms with Crippen LogP contribution in [0, 0.1) is 9.49 Å². The molecule has 0 amide bonds. The summed E-state index contributed by atoms with van der Waals surface area (Å²) in [7, 11) is 0. The van der Waals surface area contributed by atoms with E-state index in [1.807, 2.05) is 0 Å². The maximum Gasteiger partial charge on any atom is 0.0331 e. The lowest BCUT2D eigenvalue weighted by Crippen LogP contribution is -2.19. The first kappa shape index (κ1) is 12.0. The van der Waals surface area contributed by atoms with Gasteiger partial charge < -0.3 is 5.73 Å². The van der Waals surface area contributed by atoms with Crippen LogP contribution in [0.3, 0.4) is 0 Å². The molecule has 2 atom stereocenters. The van der Waals surface area contributed by atoms with Gasteiger partial charge in [0.2, 0.25) is 0 Å². The van der Waals surface area contributed by atoms with Crippen molar-refractivity contribution in [1.82, 2.24) is 0 Å². The molecule has 1 nitrogen and oxygen atoms in total. The molecule has 0 saturated heterocycles. The first-order valence-corrected chi connectivity index (χ1v) is 6.24. The van der Waals surface area contributed by atoms with Gasteiger partial charge >= 0.3 is 0 Å². The van der Waals surface area contributed by atoms with Crippen molar-refractivity contribution >= 4 is 22.6 Å². The third-order valence-electron chi connectivity index (χ3n) is 2.62. The summed E-state index contributed by atoms with van der Waals surface area (Å²) in [4.78, 5) is 0. The maximum atomic E-state index is 6.22. The first-order valence-electron chi connectivity index (χ1n) is 5.16. The van der Waals surface area contributed by atoms with E-state index in [-0.39, 0.29) is 6.04 Å². The summed E-state index contributed by atoms with van der Waals surface area (Å²) < 4.78 is 1.28. The zero-order valence-electron chi connectivity index (χ0n) is 8.83. The molecule has 0 aliphatic carbocycles. The van der Waals surface area contributed by atoms with Crippen molar-refractivity contribution in [2.75, 3.05) is 0 Å². The zero-order valence-corrected chi connectivity index (χ0v) is 11.0. The standard InChI is InChI=1S/C12H18IN/c1-3-6-9(2)12(14)10-7-4-5-8-11(10)13/h4-5,7-9,12H,3,6,14H2,1-2H3. The van der Waals surface area contributed by atoms with Gasteiger partial charge in [-0.1, -0.05) is 38.5 Å². The van der Waals surface area contributed by atoms with Gasteiger partial charge in [-0.25, -0.2) is 0 Å². The summed E-state index contributed by atoms with van der Waals surface area (Å²) in [6.07, 6.45) is 2.41. The van der Waals surface area contributed by atoms with Crippen LogP contribution in [0.25, 0.3) is 0 Å². The van der Waals surface area contributed by atoms with Gasteiger partial charge in [0.25, 0.3) is 0 Å². The molecule has 2 unspecified atom stereocenters. The Labute approximate surface area is 100 Å². The van der Waals surface area contributed by atoms with Crippen LogP contribution < -0.4 is 5.73 Å². The Kier molecular flexibility index (Phi) is 4.89. The summed E-state index contributed by atoms with van der Waals surface area (Å²) in [6.45, 7) is 4.44. The predicted octanol–water partition coefficient (Wildman–Crippen LogP) is 3.73. The number of halogens is 1. The molecular formula is C12H18IN. The molecule has 1 rings (SSSR count). The van der Waals surface area contributed by atoms with Crippen LogP contribution in [0.2, 0.25) is 0 Å². The fourth-order valence-corrected chi connectivity index (χ4v) is 2.43. The molecular weight excluding hydrogens is 285 g/mol. The van der Waals surface area contributed by atoms with Crippen molar-refractivity contribution < 1.29 is 0 Å². The highest BCUT2D eigenvalue weighted by molar-refractivity contribution is 14.1. The molecule has 0 aromatic heterocycles. The van der Waals surface area contributed by atoms with Crippen LogP contribution in [0.5, 0.6) is 0 Å². The second-order valence-electron chi connectivity index (χ2n) is 3.81. The number of rotatable bonds is 4. The predicted molar refractivity (Wildman–Crippen MR) is 70.2 cm³/mol. The average Bonchev–Trinajstić information content (AvgIpc) is 2.18. The second-order valence-corrected chi connectivity index (χ2v) is 4.98. The van der Waals surface area contributed by atoms with Gasteiger partial charge in [-0.05, 0) is 46.6 Å². The molecule has 78 valence electrons. The van der Waals surface area contributed by atoms with Crippen molar-refractivity contribution in [3.63, 3.8) is 0 Å². The van der Waals surface area contributed by atoms with E-state index in [9.17, 15) is 0 Å². The highest BCUT2D eigenvalue weighted by atomic mass is 127. The fraction of sp³-hybridized carbons (Fsp3) is 0.500. The molecule has 0 bridgehead atoms. The van der Waals surface area contributed by atoms with Crippen molar-refractivity contribution in [2.45, 2.75) is 32.7 Å². The van der Waals surface area contributed by atoms with Gasteiger partial charge in [0.05, 0.1) is 0 Å². The highest BCUT2D eigenvalue weighted by Gasteiger charge is 2.15.